The summed E-state index contributed by atoms with van der Waals surface area (Å²) in [4.78, 5) is 11.4. The molecule has 2 N–H and O–H groups in total. The average Bonchev–Trinajstić information content (AvgIpc) is 2.45. The van der Waals surface area contributed by atoms with Gasteiger partial charge >= 0.3 is 5.97 Å². The van der Waals surface area contributed by atoms with E-state index in [-0.39, 0.29) is 6.10 Å². The summed E-state index contributed by atoms with van der Waals surface area (Å²) >= 11 is 0. The smallest absolute Gasteiger partial charge is 0.337 e. The van der Waals surface area contributed by atoms with Gasteiger partial charge in [0.2, 0.25) is 0 Å². The Labute approximate surface area is 114 Å². The first kappa shape index (κ1) is 15.7. The Hall–Kier alpha value is -1.39. The first-order chi connectivity index (χ1) is 9.17. The highest BCUT2D eigenvalue weighted by Crippen LogP contribution is 2.13. The van der Waals surface area contributed by atoms with E-state index in [4.69, 9.17) is 9.84 Å². The van der Waals surface area contributed by atoms with Crippen LogP contribution in [0.15, 0.2) is 30.3 Å². The van der Waals surface area contributed by atoms with E-state index >= 15 is 0 Å². The molecule has 0 heterocycles. The Morgan fingerprint density at radius 3 is 2.53 bits per heavy atom. The molecule has 0 bridgehead atoms. The summed E-state index contributed by atoms with van der Waals surface area (Å²) in [5, 5.41) is 17.9. The number of hydrogen-bond acceptors (Lipinski definition) is 4. The van der Waals surface area contributed by atoms with E-state index in [1.165, 1.54) is 5.56 Å². The molecule has 1 rings (SSSR count). The molecule has 0 aliphatic heterocycles. The second-order valence-corrected chi connectivity index (χ2v) is 4.57. The summed E-state index contributed by atoms with van der Waals surface area (Å²) in [5.74, 6) is -0.742. The lowest BCUT2D eigenvalue weighted by atomic mass is 10.0. The minimum absolute atomic E-state index is 0.209. The molecule has 19 heavy (non-hydrogen) atoms. The Bertz CT molecular complexity index is 364. The first-order valence-electron chi connectivity index (χ1n) is 6.70. The van der Waals surface area contributed by atoms with Crippen LogP contribution in [0.1, 0.15) is 31.7 Å². The number of ether oxygens (including phenoxy) is 1. The fourth-order valence-electron chi connectivity index (χ4n) is 1.87. The molecule has 106 valence electrons. The fourth-order valence-corrected chi connectivity index (χ4v) is 1.87. The van der Waals surface area contributed by atoms with Crippen molar-refractivity contribution in [2.75, 3.05) is 6.61 Å². The van der Waals surface area contributed by atoms with Gasteiger partial charge in [0.05, 0.1) is 6.61 Å². The molecule has 0 radical (unpaired) electrons. The van der Waals surface area contributed by atoms with Crippen molar-refractivity contribution in [3.05, 3.63) is 35.9 Å². The normalized spacial score (nSPS) is 13.8. The van der Waals surface area contributed by atoms with Crippen LogP contribution >= 0.6 is 0 Å². The van der Waals surface area contributed by atoms with Crippen molar-refractivity contribution < 1.29 is 19.7 Å². The minimum atomic E-state index is -1.43. The van der Waals surface area contributed by atoms with Crippen LogP contribution < -0.4 is 0 Å². The van der Waals surface area contributed by atoms with Gasteiger partial charge in [-0.1, -0.05) is 43.7 Å². The maximum absolute atomic E-state index is 11.4. The van der Waals surface area contributed by atoms with E-state index in [2.05, 4.69) is 0 Å². The van der Waals surface area contributed by atoms with Gasteiger partial charge in [0, 0.05) is 0 Å². The van der Waals surface area contributed by atoms with Gasteiger partial charge in [-0.25, -0.2) is 4.79 Å². The van der Waals surface area contributed by atoms with Crippen molar-refractivity contribution in [2.24, 2.45) is 0 Å². The van der Waals surface area contributed by atoms with Crippen LogP contribution in [0.2, 0.25) is 0 Å². The summed E-state index contributed by atoms with van der Waals surface area (Å²) in [7, 11) is 0. The lowest BCUT2D eigenvalue weighted by Gasteiger charge is -2.18. The standard InChI is InChI=1S/C15H22O4/c1-2-6-13(19-15(18)14(17)11-16)10-9-12-7-4-3-5-8-12/h3-5,7-8,13-14,16-17H,2,6,9-11H2,1H3/t13-,14?/m1/s1. The molecular weight excluding hydrogens is 244 g/mol. The van der Waals surface area contributed by atoms with Crippen LogP contribution in [0, 0.1) is 0 Å². The molecule has 0 amide bonds. The van der Waals surface area contributed by atoms with Gasteiger partial charge in [0.15, 0.2) is 6.10 Å². The topological polar surface area (TPSA) is 66.8 Å². The third kappa shape index (κ3) is 5.85. The summed E-state index contributed by atoms with van der Waals surface area (Å²) in [6.45, 7) is 1.42. The highest BCUT2D eigenvalue weighted by atomic mass is 16.6. The number of aliphatic hydroxyl groups excluding tert-OH is 2. The molecular formula is C15H22O4. The number of carbonyl (C=O) groups excluding carboxylic acids is 1. The lowest BCUT2D eigenvalue weighted by Crippen LogP contribution is -2.30. The molecule has 1 aromatic rings. The molecule has 4 heteroatoms. The highest BCUT2D eigenvalue weighted by Gasteiger charge is 2.20. The highest BCUT2D eigenvalue weighted by molar-refractivity contribution is 5.74. The van der Waals surface area contributed by atoms with Crippen LogP contribution in [-0.2, 0) is 16.0 Å². The van der Waals surface area contributed by atoms with Gasteiger partial charge in [-0.2, -0.15) is 0 Å². The zero-order chi connectivity index (χ0) is 14.1. The number of hydrogen-bond donors (Lipinski definition) is 2. The number of aryl methyl sites for hydroxylation is 1. The van der Waals surface area contributed by atoms with Crippen LogP contribution in [0.25, 0.3) is 0 Å². The second kappa shape index (κ2) is 8.67. The van der Waals surface area contributed by atoms with Crippen molar-refractivity contribution in [1.82, 2.24) is 0 Å². The fraction of sp³-hybridized carbons (Fsp3) is 0.533. The first-order valence-corrected chi connectivity index (χ1v) is 6.70. The van der Waals surface area contributed by atoms with Crippen molar-refractivity contribution >= 4 is 5.97 Å². The van der Waals surface area contributed by atoms with E-state index in [9.17, 15) is 9.90 Å². The Morgan fingerprint density at radius 1 is 1.26 bits per heavy atom. The number of aliphatic hydroxyl groups is 2. The summed E-state index contributed by atoms with van der Waals surface area (Å²) in [5.41, 5.74) is 1.20. The molecule has 0 saturated heterocycles. The maximum atomic E-state index is 11.4. The Kier molecular flexibility index (Phi) is 7.15. The average molecular weight is 266 g/mol. The molecule has 0 aliphatic rings. The van der Waals surface area contributed by atoms with E-state index in [0.29, 0.717) is 0 Å². The predicted octanol–water partition coefficient (Wildman–Crippen LogP) is 1.68. The van der Waals surface area contributed by atoms with E-state index in [1.54, 1.807) is 0 Å². The quantitative estimate of drug-likeness (QED) is 0.703. The predicted molar refractivity (Wildman–Crippen MR) is 72.6 cm³/mol. The number of rotatable bonds is 8. The molecule has 4 nitrogen and oxygen atoms in total. The summed E-state index contributed by atoms with van der Waals surface area (Å²) < 4.78 is 5.22. The Balaban J connectivity index is 2.46. The van der Waals surface area contributed by atoms with Gasteiger partial charge in [-0.05, 0) is 24.8 Å². The molecule has 0 spiro atoms. The molecule has 0 aromatic heterocycles. The number of benzene rings is 1. The van der Waals surface area contributed by atoms with E-state index in [1.807, 2.05) is 37.3 Å². The summed E-state index contributed by atoms with van der Waals surface area (Å²) in [6, 6.07) is 9.99. The van der Waals surface area contributed by atoms with Crippen LogP contribution in [0.3, 0.4) is 0 Å². The third-order valence-electron chi connectivity index (χ3n) is 2.94. The zero-order valence-electron chi connectivity index (χ0n) is 11.3. The lowest BCUT2D eigenvalue weighted by molar-refractivity contribution is -0.161. The second-order valence-electron chi connectivity index (χ2n) is 4.57. The molecule has 1 unspecified atom stereocenters. The zero-order valence-corrected chi connectivity index (χ0v) is 11.3. The van der Waals surface area contributed by atoms with Gasteiger partial charge in [-0.3, -0.25) is 0 Å². The molecule has 1 aromatic carbocycles. The van der Waals surface area contributed by atoms with Gasteiger partial charge in [-0.15, -0.1) is 0 Å². The van der Waals surface area contributed by atoms with Gasteiger partial charge < -0.3 is 14.9 Å². The van der Waals surface area contributed by atoms with Crippen molar-refractivity contribution in [3.8, 4) is 0 Å². The van der Waals surface area contributed by atoms with Gasteiger partial charge in [0.1, 0.15) is 6.10 Å². The third-order valence-corrected chi connectivity index (χ3v) is 2.94. The Morgan fingerprint density at radius 2 is 1.95 bits per heavy atom. The van der Waals surface area contributed by atoms with Crippen LogP contribution in [-0.4, -0.2) is 35.0 Å². The minimum Gasteiger partial charge on any atom is -0.460 e. The van der Waals surface area contributed by atoms with Crippen LogP contribution in [0.5, 0.6) is 0 Å². The van der Waals surface area contributed by atoms with E-state index in [0.717, 1.165) is 25.7 Å². The van der Waals surface area contributed by atoms with Crippen LogP contribution in [0.4, 0.5) is 0 Å². The van der Waals surface area contributed by atoms with Crippen molar-refractivity contribution in [1.29, 1.82) is 0 Å². The molecule has 0 saturated carbocycles. The van der Waals surface area contributed by atoms with E-state index < -0.39 is 18.7 Å². The molecule has 2 atom stereocenters. The SMILES string of the molecule is CCC[C@H](CCc1ccccc1)OC(=O)C(O)CO. The monoisotopic (exact) mass is 266 g/mol. The van der Waals surface area contributed by atoms with Crippen molar-refractivity contribution in [3.63, 3.8) is 0 Å². The largest absolute Gasteiger partial charge is 0.460 e. The van der Waals surface area contributed by atoms with Crippen molar-refractivity contribution in [2.45, 2.75) is 44.8 Å². The number of carbonyl (C=O) groups is 1. The molecule has 0 aliphatic carbocycles. The number of esters is 1. The maximum Gasteiger partial charge on any atom is 0.337 e. The summed E-state index contributed by atoms with van der Waals surface area (Å²) in [6.07, 6.45) is 1.57. The molecule has 0 fully saturated rings. The van der Waals surface area contributed by atoms with Gasteiger partial charge in [0.25, 0.3) is 0 Å².